The van der Waals surface area contributed by atoms with Crippen molar-refractivity contribution in [1.29, 1.82) is 10.5 Å². The Morgan fingerprint density at radius 1 is 0.367 bits per heavy atom. The van der Waals surface area contributed by atoms with Crippen molar-refractivity contribution in [2.75, 3.05) is 120 Å². The summed E-state index contributed by atoms with van der Waals surface area (Å²) >= 11 is 21.7. The molecule has 19 aromatic rings. The topological polar surface area (TPSA) is 595 Å². The zero-order valence-electron chi connectivity index (χ0n) is 81.6. The summed E-state index contributed by atoms with van der Waals surface area (Å²) in [6.07, 6.45) is 45.2. The first-order valence-corrected chi connectivity index (χ1v) is 54.4. The van der Waals surface area contributed by atoms with Gasteiger partial charge in [0, 0.05) is 186 Å². The SMILES string of the molecule is CCn1cc(-c2cnn3c(N)c(Br)c(C4CCCNC4)nc23)cn1.N#Cc1ccc(-c2cnn3c(N)c(Br)c(C4CCCNC4)nc23)cn1.N#Cc1cncc(-c2cnn3c(N)c(Br)c(C4CCCNC4)nc23)c1.Nc1c(Br)c(C2CCCNC2)nc2c(-c3cnn(CCO)c3)cnn12.Nc1c(Br)c(C2CCCNC2)nc2c(-c3cnn(Cc4ccccn4)c3)cnn12.Nc1c(Br)c(C2CCCNC2)nc2c(-c3cnoc3)cnn12. The van der Waals surface area contributed by atoms with E-state index in [1.807, 2.05) is 76.9 Å². The lowest BCUT2D eigenvalue weighted by molar-refractivity contribution is 0.269. The van der Waals surface area contributed by atoms with Crippen molar-refractivity contribution in [3.63, 3.8) is 0 Å². The summed E-state index contributed by atoms with van der Waals surface area (Å²) < 4.78 is 25.3. The molecule has 19 N–H and O–H groups in total. The molecule has 44 nitrogen and oxygen atoms in total. The van der Waals surface area contributed by atoms with Crippen LogP contribution < -0.4 is 66.3 Å². The van der Waals surface area contributed by atoms with Crippen LogP contribution in [-0.2, 0) is 19.6 Å². The van der Waals surface area contributed by atoms with Gasteiger partial charge < -0.3 is 75.9 Å². The maximum atomic E-state index is 9.11. The van der Waals surface area contributed by atoms with Crippen LogP contribution in [0.1, 0.15) is 171 Å². The first-order valence-electron chi connectivity index (χ1n) is 49.6. The largest absolute Gasteiger partial charge is 0.394 e. The molecule has 19 aromatic heterocycles. The maximum Gasteiger partial charge on any atom is 0.165 e. The molecule has 6 saturated heterocycles. The van der Waals surface area contributed by atoms with Crippen molar-refractivity contribution in [2.24, 2.45) is 0 Å². The Labute approximate surface area is 909 Å². The number of rotatable bonds is 17. The van der Waals surface area contributed by atoms with Crippen LogP contribution in [0.15, 0.2) is 179 Å². The Balaban J connectivity index is 0.000000109. The number of piperidine rings is 6. The van der Waals surface area contributed by atoms with Gasteiger partial charge in [-0.25, -0.2) is 34.9 Å². The minimum Gasteiger partial charge on any atom is -0.394 e. The second-order valence-electron chi connectivity index (χ2n) is 37.3. The van der Waals surface area contributed by atoms with Crippen molar-refractivity contribution in [3.05, 3.63) is 226 Å². The summed E-state index contributed by atoms with van der Waals surface area (Å²) in [6, 6.07) is 15.3. The van der Waals surface area contributed by atoms with E-state index in [0.29, 0.717) is 106 Å². The van der Waals surface area contributed by atoms with Crippen LogP contribution in [0.3, 0.4) is 0 Å². The molecule has 6 aliphatic rings. The number of pyridine rings is 3. The monoisotopic (exact) mass is 2400 g/mol. The molecule has 50 heteroatoms. The molecule has 0 radical (unpaired) electrons. The van der Waals surface area contributed by atoms with Crippen LogP contribution in [-0.4, -0.2) is 227 Å². The van der Waals surface area contributed by atoms with E-state index in [4.69, 9.17) is 84.5 Å². The molecule has 0 bridgehead atoms. The highest BCUT2D eigenvalue weighted by Gasteiger charge is 2.33. The van der Waals surface area contributed by atoms with Gasteiger partial charge in [-0.05, 0) is 249 Å². The van der Waals surface area contributed by atoms with Gasteiger partial charge in [0.1, 0.15) is 59.0 Å². The summed E-state index contributed by atoms with van der Waals surface area (Å²) in [5, 5.41) is 90.9. The fourth-order valence-corrected chi connectivity index (χ4v) is 23.2. The molecule has 772 valence electrons. The number of fused-ring (bicyclic) bond motifs is 6. The minimum absolute atomic E-state index is 0.0485. The van der Waals surface area contributed by atoms with E-state index in [9.17, 15) is 0 Å². The predicted octanol–water partition coefficient (Wildman–Crippen LogP) is 13.8. The van der Waals surface area contributed by atoms with Crippen molar-refractivity contribution < 1.29 is 9.63 Å². The molecule has 150 heavy (non-hydrogen) atoms. The number of nitrogens with two attached hydrogens (primary N) is 6. The average molecular weight is 2410 g/mol. The normalized spacial score (nSPS) is 17.9. The fraction of sp³-hybridized carbons (Fsp3) is 0.350. The Hall–Kier alpha value is -13.6. The van der Waals surface area contributed by atoms with Crippen molar-refractivity contribution in [3.8, 4) is 78.9 Å². The number of aryl methyl sites for hydroxylation is 1. The molecule has 6 unspecified atom stereocenters. The maximum absolute atomic E-state index is 9.11. The summed E-state index contributed by atoms with van der Waals surface area (Å²) in [4.78, 5) is 42.0. The Morgan fingerprint density at radius 2 is 0.707 bits per heavy atom. The fourth-order valence-electron chi connectivity index (χ4n) is 19.7. The first-order chi connectivity index (χ1) is 73.2. The lowest BCUT2D eigenvalue weighted by atomic mass is 9.96. The minimum atomic E-state index is 0.0485. The lowest BCUT2D eigenvalue weighted by Gasteiger charge is -2.23. The van der Waals surface area contributed by atoms with Crippen molar-refractivity contribution >= 4 is 164 Å². The number of halogens is 6. The van der Waals surface area contributed by atoms with Crippen LogP contribution in [0, 0.1) is 22.7 Å². The highest BCUT2D eigenvalue weighted by Crippen LogP contribution is 2.44. The van der Waals surface area contributed by atoms with E-state index >= 15 is 0 Å². The molecule has 6 aliphatic heterocycles. The molecule has 0 aliphatic carbocycles. The molecule has 25 rings (SSSR count). The quantitative estimate of drug-likeness (QED) is 0.0403. The van der Waals surface area contributed by atoms with E-state index < -0.39 is 0 Å². The zero-order valence-corrected chi connectivity index (χ0v) is 91.1. The number of hydrogen-bond donors (Lipinski definition) is 13. The Kier molecular flexibility index (Phi) is 32.4. The molecular formula is C100H108Br6N42O2. The third-order valence-electron chi connectivity index (χ3n) is 27.6. The molecule has 0 aromatic carbocycles. The third kappa shape index (κ3) is 21.8. The lowest BCUT2D eigenvalue weighted by Crippen LogP contribution is -2.29. The molecule has 0 amide bonds. The number of nitrogen functional groups attached to an aromatic ring is 6. The van der Waals surface area contributed by atoms with E-state index in [1.165, 1.54) is 6.20 Å². The van der Waals surface area contributed by atoms with Crippen molar-refractivity contribution in [2.45, 2.75) is 139 Å². The van der Waals surface area contributed by atoms with Crippen LogP contribution >= 0.6 is 95.6 Å². The van der Waals surface area contributed by atoms with Gasteiger partial charge in [0.15, 0.2) is 33.9 Å². The van der Waals surface area contributed by atoms with Gasteiger partial charge in [0.25, 0.3) is 0 Å². The average Bonchev–Trinajstić information content (AvgIpc) is 1.61. The molecule has 25 heterocycles. The van der Waals surface area contributed by atoms with Crippen LogP contribution in [0.5, 0.6) is 0 Å². The van der Waals surface area contributed by atoms with Gasteiger partial charge in [-0.1, -0.05) is 11.2 Å². The highest BCUT2D eigenvalue weighted by molar-refractivity contribution is 9.11. The van der Waals surface area contributed by atoms with E-state index in [1.54, 1.807) is 112 Å². The highest BCUT2D eigenvalue weighted by atomic mass is 79.9. The molecule has 0 spiro atoms. The van der Waals surface area contributed by atoms with Crippen LogP contribution in [0.4, 0.5) is 34.9 Å². The van der Waals surface area contributed by atoms with Gasteiger partial charge in [-0.2, -0.15) is 83.5 Å². The molecular weight excluding hydrogens is 2300 g/mol. The number of nitrogens with zero attached hydrogens (tertiary/aromatic N) is 30. The zero-order chi connectivity index (χ0) is 104. The summed E-state index contributed by atoms with van der Waals surface area (Å²) in [5.74, 6) is 5.35. The molecule has 0 saturated carbocycles. The van der Waals surface area contributed by atoms with Crippen molar-refractivity contribution in [1.82, 2.24) is 169 Å². The summed E-state index contributed by atoms with van der Waals surface area (Å²) in [6.45, 7) is 15.8. The smallest absolute Gasteiger partial charge is 0.165 e. The molecule has 6 atom stereocenters. The number of aromatic nitrogens is 28. The number of aliphatic hydroxyl groups excluding tert-OH is 1. The standard InChI is InChI=1S/C20H21BrN8.2C17H16BrN7.C16H20BrN7O.C16H20BrN7.C14H15BrN6O/c21-17-18(13-4-3-6-23-8-13)27-20-16(10-26-29(20)19(17)22)14-9-25-28(11-14)12-15-5-1-2-7-24-15;18-14-15(11-2-1-5-21-7-11)24-17-13(9-23-25(17)16(14)20)10-3-4-12(6-19)22-8-10;18-14-15(11-2-1-3-21-7-11)24-17-13(9-23-25(17)16(14)20)12-4-10(5-19)6-22-8-12;17-13-14(10-2-1-3-19-6-10)22-16-12(8-21-24(16)15(13)18)11-7-20-23(9-11)4-5-25;1-2-23-9-11(7-20-23)12-8-21-24-15(18)13(17)14(22-16(12)24)10-4-3-5-19-6-10;15-11-12(8-2-1-3-17-4-8)20-14-10(9-5-19-22-7-9)6-18-21(14)13(11)16/h1-2,5,7,9-11,13,23H,3-4,6,8,12,22H2;3-4,8-9,11,21H,1-2,5,7,20H2;4,6,8-9,11,21H,1-3,7,20H2;7-10,19,25H,1-6,18H2;7-10,19H,2-6,18H2,1H3;5-8,17H,1-4,16H2. The number of anilines is 6. The number of nitriles is 2. The van der Waals surface area contributed by atoms with E-state index in [-0.39, 0.29) is 6.61 Å². The second kappa shape index (κ2) is 46.9. The molecule has 6 fully saturated rings. The van der Waals surface area contributed by atoms with E-state index in [2.05, 4.69) is 206 Å². The number of nitrogens with one attached hydrogen (secondary N) is 6. The Bertz CT molecular complexity index is 8100. The van der Waals surface area contributed by atoms with E-state index in [0.717, 1.165) is 318 Å². The second-order valence-corrected chi connectivity index (χ2v) is 42.0. The van der Waals surface area contributed by atoms with Gasteiger partial charge in [-0.15, -0.1) is 0 Å². The van der Waals surface area contributed by atoms with Gasteiger partial charge in [-0.3, -0.25) is 24.0 Å². The van der Waals surface area contributed by atoms with Crippen LogP contribution in [0.25, 0.3) is 101 Å². The summed E-state index contributed by atoms with van der Waals surface area (Å²) in [7, 11) is 0. The van der Waals surface area contributed by atoms with Gasteiger partial charge in [0.2, 0.25) is 0 Å². The summed E-state index contributed by atoms with van der Waals surface area (Å²) in [5.41, 5.74) is 60.6. The number of hydrogen-bond acceptors (Lipinski definition) is 35. The first kappa shape index (κ1) is 104. The third-order valence-corrected chi connectivity index (χ3v) is 32.5. The Morgan fingerprint density at radius 3 is 1.01 bits per heavy atom. The number of aliphatic hydroxyl groups is 1. The van der Waals surface area contributed by atoms with Gasteiger partial charge >= 0.3 is 0 Å². The predicted molar refractivity (Wildman–Crippen MR) is 591 cm³/mol. The van der Waals surface area contributed by atoms with Crippen LogP contribution in [0.2, 0.25) is 0 Å². The van der Waals surface area contributed by atoms with Gasteiger partial charge in [0.05, 0.1) is 159 Å².